The molecule has 2 aromatic heterocycles. The molecule has 1 atom stereocenters. The molecule has 0 bridgehead atoms. The monoisotopic (exact) mass is 445 g/mol. The van der Waals surface area contributed by atoms with Crippen LogP contribution in [0.4, 0.5) is 5.82 Å². The maximum atomic E-state index is 12.5. The zero-order chi connectivity index (χ0) is 19.7. The summed E-state index contributed by atoms with van der Waals surface area (Å²) in [5, 5.41) is 13.0. The smallest absolute Gasteiger partial charge is 0.250 e. The number of hydrogen-bond donors (Lipinski definition) is 1. The predicted octanol–water partition coefficient (Wildman–Crippen LogP) is 5.25. The van der Waals surface area contributed by atoms with Crippen molar-refractivity contribution in [2.45, 2.75) is 26.4 Å². The number of hydrogen-bond acceptors (Lipinski definition) is 3. The third kappa shape index (κ3) is 4.24. The lowest BCUT2D eigenvalue weighted by Gasteiger charge is -2.13. The lowest BCUT2D eigenvalue weighted by molar-refractivity contribution is -0.119. The van der Waals surface area contributed by atoms with Crippen molar-refractivity contribution in [3.8, 4) is 0 Å². The highest BCUT2D eigenvalue weighted by atomic mass is 35.5. The van der Waals surface area contributed by atoms with E-state index in [4.69, 9.17) is 46.4 Å². The number of amides is 1. The third-order valence-electron chi connectivity index (χ3n) is 4.07. The van der Waals surface area contributed by atoms with Gasteiger partial charge in [-0.15, -0.1) is 0 Å². The summed E-state index contributed by atoms with van der Waals surface area (Å²) in [6, 6.07) is 4.67. The van der Waals surface area contributed by atoms with Crippen LogP contribution in [0.15, 0.2) is 30.6 Å². The fourth-order valence-corrected chi connectivity index (χ4v) is 3.38. The first-order chi connectivity index (χ1) is 12.8. The molecule has 0 spiro atoms. The maximum Gasteiger partial charge on any atom is 0.250 e. The fourth-order valence-electron chi connectivity index (χ4n) is 2.53. The predicted molar refractivity (Wildman–Crippen MR) is 108 cm³/mol. The average molecular weight is 447 g/mol. The van der Waals surface area contributed by atoms with Crippen molar-refractivity contribution in [3.63, 3.8) is 0 Å². The van der Waals surface area contributed by atoms with Crippen LogP contribution in [0.5, 0.6) is 0 Å². The van der Waals surface area contributed by atoms with Gasteiger partial charge in [-0.3, -0.25) is 14.2 Å². The average Bonchev–Trinajstić information content (AvgIpc) is 3.13. The summed E-state index contributed by atoms with van der Waals surface area (Å²) in [5.74, 6) is -0.0756. The van der Waals surface area contributed by atoms with Gasteiger partial charge in [-0.25, -0.2) is 0 Å². The van der Waals surface area contributed by atoms with E-state index in [1.165, 1.54) is 10.9 Å². The molecule has 27 heavy (non-hydrogen) atoms. The summed E-state index contributed by atoms with van der Waals surface area (Å²) >= 11 is 24.6. The summed E-state index contributed by atoms with van der Waals surface area (Å²) in [6.45, 7) is 3.81. The van der Waals surface area contributed by atoms with Gasteiger partial charge in [0.1, 0.15) is 11.1 Å². The quantitative estimate of drug-likeness (QED) is 0.581. The van der Waals surface area contributed by atoms with Crippen molar-refractivity contribution in [2.75, 3.05) is 5.32 Å². The van der Waals surface area contributed by atoms with Crippen molar-refractivity contribution in [3.05, 3.63) is 61.9 Å². The molecule has 0 saturated heterocycles. The number of rotatable bonds is 5. The lowest BCUT2D eigenvalue weighted by Crippen LogP contribution is -2.25. The normalized spacial score (nSPS) is 12.2. The maximum absolute atomic E-state index is 12.5. The minimum absolute atomic E-state index is 0.243. The first kappa shape index (κ1) is 20.0. The first-order valence-corrected chi connectivity index (χ1v) is 9.45. The number of nitrogens with zero attached hydrogens (tertiary/aromatic N) is 4. The molecule has 1 aromatic carbocycles. The van der Waals surface area contributed by atoms with Crippen LogP contribution in [0.25, 0.3) is 0 Å². The number of aromatic nitrogens is 4. The van der Waals surface area contributed by atoms with Crippen molar-refractivity contribution < 1.29 is 4.79 Å². The molecule has 3 rings (SSSR count). The van der Waals surface area contributed by atoms with E-state index in [0.29, 0.717) is 37.9 Å². The van der Waals surface area contributed by atoms with Crippen LogP contribution >= 0.6 is 46.4 Å². The van der Waals surface area contributed by atoms with Crippen LogP contribution in [0.3, 0.4) is 0 Å². The second-order valence-corrected chi connectivity index (χ2v) is 7.54. The van der Waals surface area contributed by atoms with E-state index in [0.717, 1.165) is 0 Å². The number of nitrogens with one attached hydrogen (secondary N) is 1. The second-order valence-electron chi connectivity index (χ2n) is 5.91. The number of benzene rings is 1. The van der Waals surface area contributed by atoms with Crippen LogP contribution in [-0.4, -0.2) is 25.5 Å². The zero-order valence-electron chi connectivity index (χ0n) is 14.4. The third-order valence-corrected chi connectivity index (χ3v) is 5.43. The number of carbonyl (C=O) groups is 1. The van der Waals surface area contributed by atoms with Gasteiger partial charge in [0, 0.05) is 21.8 Å². The standard InChI is InChI=1S/C17H15Cl4N5O/c1-9-14(20)6-22-26(9)10(2)17(27)23-16-15(21)8-25(24-16)7-11-12(18)4-3-5-13(11)19/h3-6,8,10H,7H2,1-2H3,(H,23,24,27). The molecular weight excluding hydrogens is 432 g/mol. The minimum atomic E-state index is -0.586. The lowest BCUT2D eigenvalue weighted by atomic mass is 10.2. The van der Waals surface area contributed by atoms with Gasteiger partial charge in [0.2, 0.25) is 5.91 Å². The molecule has 0 saturated carbocycles. The molecule has 1 unspecified atom stereocenters. The number of carbonyl (C=O) groups excluding carboxylic acids is 1. The molecule has 0 radical (unpaired) electrons. The summed E-state index contributed by atoms with van der Waals surface area (Å²) in [4.78, 5) is 12.5. The summed E-state index contributed by atoms with van der Waals surface area (Å²) in [6.07, 6.45) is 3.09. The Kier molecular flexibility index (Phi) is 6.01. The van der Waals surface area contributed by atoms with Gasteiger partial charge >= 0.3 is 0 Å². The van der Waals surface area contributed by atoms with E-state index in [1.807, 2.05) is 0 Å². The molecule has 142 valence electrons. The Morgan fingerprint density at radius 1 is 1.15 bits per heavy atom. The highest BCUT2D eigenvalue weighted by Gasteiger charge is 2.21. The van der Waals surface area contributed by atoms with Gasteiger partial charge in [0.05, 0.1) is 23.5 Å². The van der Waals surface area contributed by atoms with Crippen LogP contribution in [0.1, 0.15) is 24.2 Å². The van der Waals surface area contributed by atoms with Gasteiger partial charge in [-0.2, -0.15) is 10.2 Å². The molecule has 2 heterocycles. The molecule has 10 heteroatoms. The van der Waals surface area contributed by atoms with Crippen LogP contribution in [-0.2, 0) is 11.3 Å². The van der Waals surface area contributed by atoms with Crippen LogP contribution in [0.2, 0.25) is 20.1 Å². The zero-order valence-corrected chi connectivity index (χ0v) is 17.4. The first-order valence-electron chi connectivity index (χ1n) is 7.94. The molecule has 6 nitrogen and oxygen atoms in total. The summed E-state index contributed by atoms with van der Waals surface area (Å²) in [5.41, 5.74) is 1.41. The Morgan fingerprint density at radius 3 is 2.41 bits per heavy atom. The van der Waals surface area contributed by atoms with E-state index >= 15 is 0 Å². The van der Waals surface area contributed by atoms with Gasteiger partial charge < -0.3 is 5.32 Å². The number of halogens is 4. The topological polar surface area (TPSA) is 64.7 Å². The van der Waals surface area contributed by atoms with Gasteiger partial charge in [0.15, 0.2) is 5.82 Å². The van der Waals surface area contributed by atoms with Crippen molar-refractivity contribution in [1.82, 2.24) is 19.6 Å². The Labute approximate surface area is 176 Å². The summed E-state index contributed by atoms with van der Waals surface area (Å²) < 4.78 is 3.10. The Morgan fingerprint density at radius 2 is 1.81 bits per heavy atom. The second kappa shape index (κ2) is 8.10. The minimum Gasteiger partial charge on any atom is -0.306 e. The fraction of sp³-hybridized carbons (Fsp3) is 0.235. The molecule has 0 aliphatic rings. The van der Waals surface area contributed by atoms with Crippen LogP contribution in [0, 0.1) is 6.92 Å². The highest BCUT2D eigenvalue weighted by molar-refractivity contribution is 6.36. The van der Waals surface area contributed by atoms with Crippen molar-refractivity contribution >= 4 is 58.1 Å². The van der Waals surface area contributed by atoms with Crippen LogP contribution < -0.4 is 5.32 Å². The van der Waals surface area contributed by atoms with Crippen molar-refractivity contribution in [2.24, 2.45) is 0 Å². The Hall–Kier alpha value is -1.73. The van der Waals surface area contributed by atoms with E-state index in [-0.39, 0.29) is 11.7 Å². The van der Waals surface area contributed by atoms with Gasteiger partial charge in [-0.1, -0.05) is 52.5 Å². The van der Waals surface area contributed by atoms with Crippen molar-refractivity contribution in [1.29, 1.82) is 0 Å². The van der Waals surface area contributed by atoms with E-state index in [1.54, 1.807) is 42.9 Å². The van der Waals surface area contributed by atoms with E-state index in [2.05, 4.69) is 15.5 Å². The van der Waals surface area contributed by atoms with Gasteiger partial charge in [0.25, 0.3) is 0 Å². The molecule has 3 aromatic rings. The Bertz CT molecular complexity index is 977. The summed E-state index contributed by atoms with van der Waals surface area (Å²) in [7, 11) is 0. The van der Waals surface area contributed by atoms with E-state index < -0.39 is 6.04 Å². The largest absolute Gasteiger partial charge is 0.306 e. The van der Waals surface area contributed by atoms with Gasteiger partial charge in [-0.05, 0) is 26.0 Å². The molecular formula is C17H15Cl4N5O. The molecule has 0 aliphatic carbocycles. The van der Waals surface area contributed by atoms with E-state index in [9.17, 15) is 4.79 Å². The molecule has 1 N–H and O–H groups in total. The number of anilines is 1. The Balaban J connectivity index is 1.77. The molecule has 1 amide bonds. The SMILES string of the molecule is Cc1c(Cl)cnn1C(C)C(=O)Nc1nn(Cc2c(Cl)cccc2Cl)cc1Cl. The highest BCUT2D eigenvalue weighted by Crippen LogP contribution is 2.27. The molecule has 0 aliphatic heterocycles. The molecule has 0 fully saturated rings.